The second-order valence-corrected chi connectivity index (χ2v) is 4.34. The van der Waals surface area contributed by atoms with Crippen LogP contribution in [0.3, 0.4) is 0 Å². The largest absolute Gasteiger partial charge is 0.337 e. The average molecular weight is 165 g/mol. The summed E-state index contributed by atoms with van der Waals surface area (Å²) in [6.07, 6.45) is 4.21. The molecule has 0 radical (unpaired) electrons. The highest BCUT2D eigenvalue weighted by molar-refractivity contribution is 7.64. The summed E-state index contributed by atoms with van der Waals surface area (Å²) >= 11 is 0. The van der Waals surface area contributed by atoms with Gasteiger partial charge < -0.3 is 14.8 Å². The molecule has 0 heterocycles. The smallest absolute Gasteiger partial charge is 0.130 e. The van der Waals surface area contributed by atoms with E-state index in [1.165, 1.54) is 0 Å². The molecule has 0 amide bonds. The molecule has 10 heavy (non-hydrogen) atoms. The van der Waals surface area contributed by atoms with Crippen molar-refractivity contribution in [3.05, 3.63) is 0 Å². The van der Waals surface area contributed by atoms with Gasteiger partial charge in [-0.1, -0.05) is 6.30 Å². The lowest BCUT2D eigenvalue weighted by Gasteiger charge is -2.20. The first-order valence-electron chi connectivity index (χ1n) is 3.40. The average Bonchev–Trinajstić information content (AvgIpc) is 1.89. The summed E-state index contributed by atoms with van der Waals surface area (Å²) < 4.78 is 10.5. The van der Waals surface area contributed by atoms with Gasteiger partial charge >= 0.3 is 0 Å². The maximum Gasteiger partial charge on any atom is 0.130 e. The lowest BCUT2D eigenvalue weighted by atomic mass is 10.9. The highest BCUT2D eigenvalue weighted by atomic mass is 31.2. The molecule has 0 unspecified atom stereocenters. The Morgan fingerprint density at radius 1 is 1.30 bits per heavy atom. The first-order chi connectivity index (χ1) is 4.68. The minimum absolute atomic E-state index is 0.397. The molecule has 0 rings (SSSR count). The molecular formula is C6H16NO2P. The van der Waals surface area contributed by atoms with Gasteiger partial charge in [0.05, 0.1) is 19.5 Å². The maximum absolute atomic E-state index is 5.42. The Labute approximate surface area is 62.6 Å². The molecule has 0 saturated heterocycles. The molecule has 2 N–H and O–H groups in total. The fourth-order valence-electron chi connectivity index (χ4n) is 0.613. The lowest BCUT2D eigenvalue weighted by Crippen LogP contribution is -2.07. The third-order valence-corrected chi connectivity index (χ3v) is 3.02. The first-order valence-corrected chi connectivity index (χ1v) is 5.39. The van der Waals surface area contributed by atoms with Crippen LogP contribution in [0.1, 0.15) is 13.8 Å². The van der Waals surface area contributed by atoms with E-state index >= 15 is 0 Å². The van der Waals surface area contributed by atoms with Crippen molar-refractivity contribution >= 4 is 13.6 Å². The summed E-state index contributed by atoms with van der Waals surface area (Å²) in [5.41, 5.74) is 5.42. The van der Waals surface area contributed by atoms with Crippen LogP contribution in [-0.2, 0) is 9.05 Å². The molecular weight excluding hydrogens is 149 g/mol. The molecule has 4 heteroatoms. The van der Waals surface area contributed by atoms with Crippen molar-refractivity contribution in [1.82, 2.24) is 0 Å². The molecule has 0 aromatic carbocycles. The summed E-state index contributed by atoms with van der Waals surface area (Å²) in [4.78, 5) is 0. The van der Waals surface area contributed by atoms with Crippen molar-refractivity contribution in [2.24, 2.45) is 5.73 Å². The summed E-state index contributed by atoms with van der Waals surface area (Å²) in [5.74, 6) is 0. The van der Waals surface area contributed by atoms with Crippen LogP contribution >= 0.6 is 7.34 Å². The highest BCUT2D eigenvalue weighted by Gasteiger charge is 2.10. The normalized spacial score (nSPS) is 11.9. The van der Waals surface area contributed by atoms with E-state index in [1.807, 2.05) is 13.8 Å². The fraction of sp³-hybridized carbons (Fsp3) is 0.833. The van der Waals surface area contributed by atoms with Gasteiger partial charge in [-0.05, 0) is 13.8 Å². The van der Waals surface area contributed by atoms with Crippen LogP contribution in [0.2, 0.25) is 0 Å². The van der Waals surface area contributed by atoms with E-state index in [0.29, 0.717) is 19.5 Å². The van der Waals surface area contributed by atoms with E-state index in [1.54, 1.807) is 0 Å². The Kier molecular flexibility index (Phi) is 5.00. The van der Waals surface area contributed by atoms with Crippen LogP contribution in [0, 0.1) is 0 Å². The van der Waals surface area contributed by atoms with Gasteiger partial charge in [0.1, 0.15) is 7.34 Å². The molecule has 0 bridgehead atoms. The maximum atomic E-state index is 5.42. The minimum Gasteiger partial charge on any atom is -0.337 e. The molecule has 0 aliphatic heterocycles. The monoisotopic (exact) mass is 165 g/mol. The number of hydrogen-bond donors (Lipinski definition) is 1. The van der Waals surface area contributed by atoms with Gasteiger partial charge in [0.2, 0.25) is 0 Å². The first kappa shape index (κ1) is 10.2. The van der Waals surface area contributed by atoms with E-state index < -0.39 is 7.34 Å². The zero-order valence-corrected chi connectivity index (χ0v) is 7.56. The van der Waals surface area contributed by atoms with Crippen molar-refractivity contribution in [2.45, 2.75) is 13.8 Å². The molecule has 0 aromatic rings. The Morgan fingerprint density at radius 2 is 1.70 bits per heavy atom. The zero-order valence-electron chi connectivity index (χ0n) is 6.67. The quantitative estimate of drug-likeness (QED) is 0.623. The van der Waals surface area contributed by atoms with Crippen LogP contribution < -0.4 is 5.73 Å². The minimum atomic E-state index is -1.92. The standard InChI is InChI=1S/C6H16NO2P/c1-4-8-10(3,6-7)9-5-2/h3-7H2,1-2H3. The molecule has 0 fully saturated rings. The molecule has 0 aliphatic carbocycles. The van der Waals surface area contributed by atoms with Gasteiger partial charge in [-0.25, -0.2) is 0 Å². The van der Waals surface area contributed by atoms with Crippen molar-refractivity contribution < 1.29 is 9.05 Å². The molecule has 0 saturated carbocycles. The lowest BCUT2D eigenvalue weighted by molar-refractivity contribution is 0.265. The molecule has 0 aliphatic rings. The van der Waals surface area contributed by atoms with E-state index in [2.05, 4.69) is 6.30 Å². The van der Waals surface area contributed by atoms with Gasteiger partial charge in [0.25, 0.3) is 0 Å². The topological polar surface area (TPSA) is 44.5 Å². The van der Waals surface area contributed by atoms with Crippen LogP contribution in [0.15, 0.2) is 0 Å². The van der Waals surface area contributed by atoms with Crippen LogP contribution in [0.5, 0.6) is 0 Å². The summed E-state index contributed by atoms with van der Waals surface area (Å²) in [6.45, 7) is 5.06. The van der Waals surface area contributed by atoms with E-state index in [0.717, 1.165) is 0 Å². The van der Waals surface area contributed by atoms with Crippen LogP contribution in [-0.4, -0.2) is 25.8 Å². The van der Waals surface area contributed by atoms with Gasteiger partial charge in [-0.3, -0.25) is 0 Å². The summed E-state index contributed by atoms with van der Waals surface area (Å²) in [7, 11) is -1.92. The molecule has 0 spiro atoms. The second-order valence-electron chi connectivity index (χ2n) is 1.83. The van der Waals surface area contributed by atoms with Crippen molar-refractivity contribution in [3.63, 3.8) is 0 Å². The third-order valence-electron chi connectivity index (χ3n) is 1.01. The number of nitrogens with two attached hydrogens (primary N) is 1. The van der Waals surface area contributed by atoms with E-state index in [-0.39, 0.29) is 0 Å². The van der Waals surface area contributed by atoms with E-state index in [9.17, 15) is 0 Å². The molecule has 0 aromatic heterocycles. The Balaban J connectivity index is 3.83. The summed E-state index contributed by atoms with van der Waals surface area (Å²) in [5, 5.41) is 0. The SMILES string of the molecule is C=P(CN)(OCC)OCC. The highest BCUT2D eigenvalue weighted by Crippen LogP contribution is 2.44. The predicted octanol–water partition coefficient (Wildman–Crippen LogP) is 1.26. The molecule has 0 atom stereocenters. The number of rotatable bonds is 5. The van der Waals surface area contributed by atoms with Crippen LogP contribution in [0.4, 0.5) is 0 Å². The second kappa shape index (κ2) is 4.91. The van der Waals surface area contributed by atoms with E-state index in [4.69, 9.17) is 14.8 Å². The zero-order chi connectivity index (χ0) is 8.04. The summed E-state index contributed by atoms with van der Waals surface area (Å²) in [6, 6.07) is 0. The number of hydrogen-bond acceptors (Lipinski definition) is 3. The predicted molar refractivity (Wildman–Crippen MR) is 46.3 cm³/mol. The molecule has 3 nitrogen and oxygen atoms in total. The van der Waals surface area contributed by atoms with Gasteiger partial charge in [-0.2, -0.15) is 0 Å². The van der Waals surface area contributed by atoms with Crippen LogP contribution in [0.25, 0.3) is 0 Å². The van der Waals surface area contributed by atoms with Gasteiger partial charge in [0, 0.05) is 0 Å². The van der Waals surface area contributed by atoms with Gasteiger partial charge in [-0.15, -0.1) is 0 Å². The Hall–Kier alpha value is 0.180. The fourth-order valence-corrected chi connectivity index (χ4v) is 1.84. The third kappa shape index (κ3) is 3.37. The van der Waals surface area contributed by atoms with Crippen molar-refractivity contribution in [1.29, 1.82) is 0 Å². The van der Waals surface area contributed by atoms with Gasteiger partial charge in [0.15, 0.2) is 0 Å². The molecule has 62 valence electrons. The Bertz CT molecular complexity index is 117. The van der Waals surface area contributed by atoms with Crippen molar-refractivity contribution in [3.8, 4) is 0 Å². The Morgan fingerprint density at radius 3 is 1.90 bits per heavy atom. The van der Waals surface area contributed by atoms with Crippen molar-refractivity contribution in [2.75, 3.05) is 19.5 Å².